The van der Waals surface area contributed by atoms with Crippen molar-refractivity contribution in [3.8, 4) is 0 Å². The van der Waals surface area contributed by atoms with Crippen molar-refractivity contribution in [2.75, 3.05) is 50.2 Å². The maximum absolute atomic E-state index is 13.2. The molecule has 0 amide bonds. The Hall–Kier alpha value is -1.29. The summed E-state index contributed by atoms with van der Waals surface area (Å²) >= 11 is 0. The number of hydrogen-bond acceptors (Lipinski definition) is 3. The number of morpholine rings is 1. The van der Waals surface area contributed by atoms with Gasteiger partial charge in [0.05, 0.1) is 24.6 Å². The Labute approximate surface area is 95.4 Å². The highest BCUT2D eigenvalue weighted by atomic mass is 19.1. The van der Waals surface area contributed by atoms with Crippen LogP contribution in [0, 0.1) is 5.82 Å². The van der Waals surface area contributed by atoms with Crippen molar-refractivity contribution in [1.82, 2.24) is 0 Å². The van der Waals surface area contributed by atoms with Gasteiger partial charge in [-0.05, 0) is 18.2 Å². The lowest BCUT2D eigenvalue weighted by molar-refractivity contribution is 0.122. The van der Waals surface area contributed by atoms with Gasteiger partial charge in [0.1, 0.15) is 5.82 Å². The Morgan fingerprint density at radius 1 is 1.25 bits per heavy atom. The lowest BCUT2D eigenvalue weighted by Crippen LogP contribution is -2.37. The minimum absolute atomic E-state index is 0.194. The quantitative estimate of drug-likeness (QED) is 0.761. The van der Waals surface area contributed by atoms with Crippen LogP contribution in [0.15, 0.2) is 18.2 Å². The molecule has 1 aliphatic rings. The monoisotopic (exact) mass is 224 g/mol. The second-order valence-corrected chi connectivity index (χ2v) is 4.13. The zero-order valence-corrected chi connectivity index (χ0v) is 9.74. The molecule has 88 valence electrons. The van der Waals surface area contributed by atoms with Gasteiger partial charge in [0.2, 0.25) is 0 Å². The minimum Gasteiger partial charge on any atom is -0.378 e. The SMILES string of the molecule is CN(C)c1cc(F)ccc1N1CCOCC1. The number of benzene rings is 1. The first-order valence-corrected chi connectivity index (χ1v) is 5.48. The normalized spacial score (nSPS) is 16.3. The molecule has 0 spiro atoms. The molecular formula is C12H17FN2O. The van der Waals surface area contributed by atoms with Crippen LogP contribution in [0.4, 0.5) is 15.8 Å². The second-order valence-electron chi connectivity index (χ2n) is 4.13. The van der Waals surface area contributed by atoms with E-state index in [4.69, 9.17) is 4.74 Å². The van der Waals surface area contributed by atoms with Gasteiger partial charge in [-0.25, -0.2) is 4.39 Å². The Kier molecular flexibility index (Phi) is 3.29. The zero-order valence-electron chi connectivity index (χ0n) is 9.74. The van der Waals surface area contributed by atoms with E-state index in [0.29, 0.717) is 0 Å². The predicted octanol–water partition coefficient (Wildman–Crippen LogP) is 1.73. The summed E-state index contributed by atoms with van der Waals surface area (Å²) in [5, 5.41) is 0. The summed E-state index contributed by atoms with van der Waals surface area (Å²) in [6.07, 6.45) is 0. The van der Waals surface area contributed by atoms with E-state index in [9.17, 15) is 4.39 Å². The highest BCUT2D eigenvalue weighted by Crippen LogP contribution is 2.29. The molecule has 1 aromatic carbocycles. The van der Waals surface area contributed by atoms with Crippen molar-refractivity contribution < 1.29 is 9.13 Å². The van der Waals surface area contributed by atoms with Gasteiger partial charge < -0.3 is 14.5 Å². The van der Waals surface area contributed by atoms with Crippen LogP contribution in [0.1, 0.15) is 0 Å². The molecule has 0 N–H and O–H groups in total. The molecule has 1 aliphatic heterocycles. The van der Waals surface area contributed by atoms with E-state index < -0.39 is 0 Å². The van der Waals surface area contributed by atoms with Gasteiger partial charge in [-0.1, -0.05) is 0 Å². The molecule has 3 nitrogen and oxygen atoms in total. The molecule has 1 fully saturated rings. The van der Waals surface area contributed by atoms with E-state index in [2.05, 4.69) is 4.90 Å². The smallest absolute Gasteiger partial charge is 0.125 e. The fraction of sp³-hybridized carbons (Fsp3) is 0.500. The van der Waals surface area contributed by atoms with Gasteiger partial charge >= 0.3 is 0 Å². The molecule has 0 aliphatic carbocycles. The van der Waals surface area contributed by atoms with Gasteiger partial charge in [0, 0.05) is 27.2 Å². The fourth-order valence-corrected chi connectivity index (χ4v) is 1.93. The third-order valence-corrected chi connectivity index (χ3v) is 2.77. The van der Waals surface area contributed by atoms with Crippen LogP contribution in [0.25, 0.3) is 0 Å². The number of rotatable bonds is 2. The lowest BCUT2D eigenvalue weighted by atomic mass is 10.2. The summed E-state index contributed by atoms with van der Waals surface area (Å²) in [5.41, 5.74) is 2.00. The van der Waals surface area contributed by atoms with Crippen molar-refractivity contribution in [3.05, 3.63) is 24.0 Å². The summed E-state index contributed by atoms with van der Waals surface area (Å²) in [4.78, 5) is 4.17. The van der Waals surface area contributed by atoms with Gasteiger partial charge in [-0.15, -0.1) is 0 Å². The molecule has 2 rings (SSSR count). The van der Waals surface area contributed by atoms with Gasteiger partial charge in [-0.2, -0.15) is 0 Å². The number of nitrogens with zero attached hydrogens (tertiary/aromatic N) is 2. The molecule has 1 aromatic rings. The Morgan fingerprint density at radius 3 is 2.56 bits per heavy atom. The fourth-order valence-electron chi connectivity index (χ4n) is 1.93. The van der Waals surface area contributed by atoms with E-state index in [0.717, 1.165) is 37.7 Å². The van der Waals surface area contributed by atoms with Gasteiger partial charge in [-0.3, -0.25) is 0 Å². The molecule has 4 heteroatoms. The molecule has 0 atom stereocenters. The number of anilines is 2. The Balaban J connectivity index is 2.31. The van der Waals surface area contributed by atoms with Crippen LogP contribution in [0.2, 0.25) is 0 Å². The van der Waals surface area contributed by atoms with Crippen molar-refractivity contribution in [1.29, 1.82) is 0 Å². The Bertz CT molecular complexity index is 362. The van der Waals surface area contributed by atoms with Crippen LogP contribution < -0.4 is 9.80 Å². The highest BCUT2D eigenvalue weighted by molar-refractivity contribution is 5.71. The first-order valence-electron chi connectivity index (χ1n) is 5.48. The molecule has 16 heavy (non-hydrogen) atoms. The van der Waals surface area contributed by atoms with Crippen molar-refractivity contribution in [3.63, 3.8) is 0 Å². The van der Waals surface area contributed by atoms with Crippen LogP contribution >= 0.6 is 0 Å². The standard InChI is InChI=1S/C12H17FN2O/c1-14(2)12-9-10(13)3-4-11(12)15-5-7-16-8-6-15/h3-4,9H,5-8H2,1-2H3. The lowest BCUT2D eigenvalue weighted by Gasteiger charge is -2.32. The summed E-state index contributed by atoms with van der Waals surface area (Å²) in [6.45, 7) is 3.22. The van der Waals surface area contributed by atoms with Crippen molar-refractivity contribution in [2.45, 2.75) is 0 Å². The van der Waals surface area contributed by atoms with Crippen LogP contribution in [0.5, 0.6) is 0 Å². The Morgan fingerprint density at radius 2 is 1.94 bits per heavy atom. The van der Waals surface area contributed by atoms with Crippen LogP contribution in [-0.2, 0) is 4.74 Å². The first-order chi connectivity index (χ1) is 7.68. The number of ether oxygens (including phenoxy) is 1. The molecule has 0 aromatic heterocycles. The molecular weight excluding hydrogens is 207 g/mol. The second kappa shape index (κ2) is 4.70. The van der Waals surface area contributed by atoms with Crippen molar-refractivity contribution >= 4 is 11.4 Å². The van der Waals surface area contributed by atoms with E-state index >= 15 is 0 Å². The summed E-state index contributed by atoms with van der Waals surface area (Å²) in [7, 11) is 3.86. The minimum atomic E-state index is -0.194. The molecule has 0 saturated carbocycles. The maximum Gasteiger partial charge on any atom is 0.125 e. The molecule has 1 saturated heterocycles. The van der Waals surface area contributed by atoms with E-state index in [-0.39, 0.29) is 5.82 Å². The van der Waals surface area contributed by atoms with Crippen LogP contribution in [-0.4, -0.2) is 40.4 Å². The number of halogens is 1. The van der Waals surface area contributed by atoms with E-state index in [1.165, 1.54) is 6.07 Å². The summed E-state index contributed by atoms with van der Waals surface area (Å²) in [6, 6.07) is 4.93. The summed E-state index contributed by atoms with van der Waals surface area (Å²) < 4.78 is 18.5. The van der Waals surface area contributed by atoms with Gasteiger partial charge in [0.15, 0.2) is 0 Å². The summed E-state index contributed by atoms with van der Waals surface area (Å²) in [5.74, 6) is -0.194. The maximum atomic E-state index is 13.2. The number of hydrogen-bond donors (Lipinski definition) is 0. The third kappa shape index (κ3) is 2.27. The third-order valence-electron chi connectivity index (χ3n) is 2.77. The largest absolute Gasteiger partial charge is 0.378 e. The zero-order chi connectivity index (χ0) is 11.5. The van der Waals surface area contributed by atoms with E-state index in [1.54, 1.807) is 6.07 Å². The molecule has 0 unspecified atom stereocenters. The first kappa shape index (κ1) is 11.2. The highest BCUT2D eigenvalue weighted by Gasteiger charge is 2.16. The molecule has 1 heterocycles. The molecule has 0 bridgehead atoms. The average Bonchev–Trinajstić information content (AvgIpc) is 2.30. The predicted molar refractivity (Wildman–Crippen MR) is 63.8 cm³/mol. The van der Waals surface area contributed by atoms with Crippen molar-refractivity contribution in [2.24, 2.45) is 0 Å². The van der Waals surface area contributed by atoms with Gasteiger partial charge in [0.25, 0.3) is 0 Å². The molecule has 0 radical (unpaired) electrons. The topological polar surface area (TPSA) is 15.7 Å². The van der Waals surface area contributed by atoms with E-state index in [1.807, 2.05) is 25.1 Å². The average molecular weight is 224 g/mol. The van der Waals surface area contributed by atoms with Crippen LogP contribution in [0.3, 0.4) is 0 Å².